The fourth-order valence-corrected chi connectivity index (χ4v) is 3.00. The molecule has 0 rings (SSSR count). The molecule has 27 heavy (non-hydrogen) atoms. The Labute approximate surface area is 173 Å². The highest BCUT2D eigenvalue weighted by Gasteiger charge is 2.29. The molecule has 0 bridgehead atoms. The average molecular weight is 418 g/mol. The number of aliphatic imine (C=N–C) groups is 2. The Hall–Kier alpha value is -1.31. The summed E-state index contributed by atoms with van der Waals surface area (Å²) in [6.45, 7) is 13.3. The van der Waals surface area contributed by atoms with Crippen molar-refractivity contribution in [3.8, 4) is 0 Å². The number of carbonyl (C=O) groups excluding carboxylic acids is 2. The lowest BCUT2D eigenvalue weighted by molar-refractivity contribution is -0.117. The molecule has 0 amide bonds. The van der Waals surface area contributed by atoms with Crippen molar-refractivity contribution in [1.29, 1.82) is 0 Å². The summed E-state index contributed by atoms with van der Waals surface area (Å²) in [4.78, 5) is 27.9. The Morgan fingerprint density at radius 3 is 1.48 bits per heavy atom. The van der Waals surface area contributed by atoms with Crippen LogP contribution in [0.1, 0.15) is 20.8 Å². The van der Waals surface area contributed by atoms with Crippen molar-refractivity contribution in [2.45, 2.75) is 27.3 Å². The fourth-order valence-electron chi connectivity index (χ4n) is 1.34. The Morgan fingerprint density at radius 2 is 1.48 bits per heavy atom. The monoisotopic (exact) mass is 417 g/mol. The molecule has 0 aromatic carbocycles. The summed E-state index contributed by atoms with van der Waals surface area (Å²) < 4.78 is 4.53. The summed E-state index contributed by atoms with van der Waals surface area (Å²) in [7, 11) is 10.7. The number of isocyanates is 1. The van der Waals surface area contributed by atoms with Crippen molar-refractivity contribution in [2.24, 2.45) is 9.98 Å². The highest BCUT2D eigenvalue weighted by atomic mass is 32.1. The largest absolute Gasteiger partial charge is 0.314 e. The van der Waals surface area contributed by atoms with Crippen LogP contribution in [0.25, 0.3) is 0 Å². The fraction of sp³-hybridized carbons (Fsp3) is 0.722. The molecule has 0 aliphatic rings. The molecule has 0 aromatic rings. The van der Waals surface area contributed by atoms with Crippen LogP contribution in [0.5, 0.6) is 0 Å². The van der Waals surface area contributed by atoms with Gasteiger partial charge in [0, 0.05) is 13.1 Å². The number of rotatable bonds is 7. The van der Waals surface area contributed by atoms with E-state index in [0.29, 0.717) is 13.1 Å². The molecular formula is C18H39N5O2SSi. The first kappa shape index (κ1) is 33.3. The van der Waals surface area contributed by atoms with Gasteiger partial charge in [-0.1, -0.05) is 5.70 Å². The maximum atomic E-state index is 10.2. The van der Waals surface area contributed by atoms with Gasteiger partial charge in [0.15, 0.2) is 0 Å². The minimum Gasteiger partial charge on any atom is -0.314 e. The van der Waals surface area contributed by atoms with Crippen LogP contribution in [0.2, 0.25) is 6.55 Å². The molecule has 0 N–H and O–H groups in total. The number of Topliss-reactive ketones (excluding diaryl/α,β-unsaturated/α-hetero) is 1. The molecule has 0 aliphatic heterocycles. The van der Waals surface area contributed by atoms with Crippen LogP contribution >= 0.6 is 12.2 Å². The van der Waals surface area contributed by atoms with Gasteiger partial charge in [-0.15, -0.1) is 6.58 Å². The van der Waals surface area contributed by atoms with Crippen molar-refractivity contribution >= 4 is 37.6 Å². The smallest absolute Gasteiger partial charge is 0.234 e. The molecule has 158 valence electrons. The summed E-state index contributed by atoms with van der Waals surface area (Å²) in [5.74, 6) is 0.213. The van der Waals surface area contributed by atoms with Crippen molar-refractivity contribution in [3.63, 3.8) is 0 Å². The van der Waals surface area contributed by atoms with Gasteiger partial charge in [0.05, 0.1) is 11.7 Å². The van der Waals surface area contributed by atoms with Gasteiger partial charge in [0.25, 0.3) is 0 Å². The van der Waals surface area contributed by atoms with Crippen molar-refractivity contribution in [2.75, 3.05) is 61.9 Å². The number of carbonyl (C=O) groups is 1. The van der Waals surface area contributed by atoms with Gasteiger partial charge in [-0.2, -0.15) is 0 Å². The normalized spacial score (nSPS) is 9.37. The van der Waals surface area contributed by atoms with Crippen LogP contribution in [0, 0.1) is 0 Å². The minimum atomic E-state index is -1.45. The molecule has 0 atom stereocenters. The van der Waals surface area contributed by atoms with Gasteiger partial charge in [-0.25, -0.2) is 14.8 Å². The third-order valence-corrected chi connectivity index (χ3v) is 7.71. The van der Waals surface area contributed by atoms with Gasteiger partial charge >= 0.3 is 0 Å². The molecule has 0 saturated heterocycles. The second-order valence-corrected chi connectivity index (χ2v) is 10.7. The molecule has 0 heterocycles. The van der Waals surface area contributed by atoms with Crippen LogP contribution in [-0.2, 0) is 9.59 Å². The minimum absolute atomic E-state index is 0.213. The number of thiocarbonyl (C=S) groups is 1. The van der Waals surface area contributed by atoms with E-state index in [0.717, 1.165) is 6.54 Å². The predicted octanol–water partition coefficient (Wildman–Crippen LogP) is 2.50. The number of ketones is 1. The first-order valence-corrected chi connectivity index (χ1v) is 11.5. The van der Waals surface area contributed by atoms with E-state index in [-0.39, 0.29) is 5.78 Å². The van der Waals surface area contributed by atoms with E-state index in [1.54, 1.807) is 13.8 Å². The molecule has 0 fully saturated rings. The third kappa shape index (κ3) is 27.0. The van der Waals surface area contributed by atoms with Crippen molar-refractivity contribution in [3.05, 3.63) is 12.3 Å². The standard InChI is InChI=1S/C7H18N2Si.C5H11NO.C3H5NO.C3H5NS/c1-7-10(6,8(2)3)9(4)5;1-5(7)4-6(2)3;2*1-2-4-3-5/h7H,1H2,2-6H3;4H2,1-3H3;2*2H2,1H3. The number of isothiocyanates is 1. The Kier molecular flexibility index (Phi) is 28.0. The number of nitrogens with zero attached hydrogens (tertiary/aromatic N) is 5. The SMILES string of the molecule is C=C[Si](C)(N(C)C)N(C)C.CC(=O)CN(C)C.CCN=C=O.CCN=C=S. The second kappa shape index (κ2) is 22.7. The van der Waals surface area contributed by atoms with Gasteiger partial charge in [0.2, 0.25) is 14.5 Å². The van der Waals surface area contributed by atoms with E-state index in [1.165, 1.54) is 6.08 Å². The van der Waals surface area contributed by atoms with E-state index in [1.807, 2.05) is 25.9 Å². The van der Waals surface area contributed by atoms with E-state index < -0.39 is 8.40 Å². The van der Waals surface area contributed by atoms with Gasteiger partial charge in [-0.05, 0) is 81.8 Å². The average Bonchev–Trinajstić information content (AvgIpc) is 2.55. The summed E-state index contributed by atoms with van der Waals surface area (Å²) in [6.07, 6.45) is 1.39. The number of hydrogen-bond donors (Lipinski definition) is 0. The summed E-state index contributed by atoms with van der Waals surface area (Å²) in [5, 5.41) is 2.23. The zero-order valence-electron chi connectivity index (χ0n) is 18.9. The Balaban J connectivity index is -0.000000137. The second-order valence-electron chi connectivity index (χ2n) is 6.16. The van der Waals surface area contributed by atoms with E-state index in [2.05, 4.69) is 83.5 Å². The van der Waals surface area contributed by atoms with Crippen LogP contribution in [0.4, 0.5) is 0 Å². The lowest BCUT2D eigenvalue weighted by Gasteiger charge is -2.36. The quantitative estimate of drug-likeness (QED) is 0.274. The molecular weight excluding hydrogens is 378 g/mol. The third-order valence-electron chi connectivity index (χ3n) is 3.18. The molecule has 7 nitrogen and oxygen atoms in total. The van der Waals surface area contributed by atoms with E-state index in [9.17, 15) is 4.79 Å². The number of likely N-dealkylation sites (N-methyl/N-ethyl adjacent to an activating group) is 1. The summed E-state index contributed by atoms with van der Waals surface area (Å²) in [5.41, 5.74) is 2.08. The van der Waals surface area contributed by atoms with Crippen LogP contribution in [0.15, 0.2) is 22.3 Å². The van der Waals surface area contributed by atoms with Gasteiger partial charge < -0.3 is 14.0 Å². The van der Waals surface area contributed by atoms with Crippen LogP contribution < -0.4 is 0 Å². The Bertz CT molecular complexity index is 446. The first-order valence-electron chi connectivity index (χ1n) is 8.60. The van der Waals surface area contributed by atoms with E-state index in [4.69, 9.17) is 4.79 Å². The first-order chi connectivity index (χ1) is 12.4. The lowest BCUT2D eigenvalue weighted by atomic mass is 10.4. The summed E-state index contributed by atoms with van der Waals surface area (Å²) in [6, 6.07) is 0. The molecule has 0 aromatic heterocycles. The zero-order chi connectivity index (χ0) is 22.5. The van der Waals surface area contributed by atoms with Crippen LogP contribution in [0.3, 0.4) is 0 Å². The highest BCUT2D eigenvalue weighted by molar-refractivity contribution is 7.78. The van der Waals surface area contributed by atoms with Gasteiger partial charge in [0.1, 0.15) is 5.78 Å². The topological polar surface area (TPSA) is 68.6 Å². The molecule has 9 heteroatoms. The predicted molar refractivity (Wildman–Crippen MR) is 123 cm³/mol. The highest BCUT2D eigenvalue weighted by Crippen LogP contribution is 2.08. The molecule has 0 aliphatic carbocycles. The van der Waals surface area contributed by atoms with E-state index >= 15 is 0 Å². The maximum absolute atomic E-state index is 10.2. The van der Waals surface area contributed by atoms with Crippen molar-refractivity contribution in [1.82, 2.24) is 14.0 Å². The zero-order valence-corrected chi connectivity index (χ0v) is 20.7. The molecule has 0 radical (unpaired) electrons. The lowest BCUT2D eigenvalue weighted by Crippen LogP contribution is -2.56. The molecule has 0 spiro atoms. The molecule has 0 saturated carbocycles. The number of hydrogen-bond acceptors (Lipinski definition) is 8. The molecule has 0 unspecified atom stereocenters. The maximum Gasteiger partial charge on any atom is 0.234 e. The van der Waals surface area contributed by atoms with Gasteiger partial charge in [-0.3, -0.25) is 4.79 Å². The van der Waals surface area contributed by atoms with Crippen LogP contribution in [-0.4, -0.2) is 101 Å². The Morgan fingerprint density at radius 1 is 1.07 bits per heavy atom. The summed E-state index contributed by atoms with van der Waals surface area (Å²) >= 11 is 4.23. The van der Waals surface area contributed by atoms with Crippen molar-refractivity contribution < 1.29 is 9.59 Å².